The molecule has 0 saturated heterocycles. The lowest BCUT2D eigenvalue weighted by atomic mass is 10.2. The first kappa shape index (κ1) is 15.1. The summed E-state index contributed by atoms with van der Waals surface area (Å²) >= 11 is 0. The Balaban J connectivity index is 0.00000112. The fourth-order valence-corrected chi connectivity index (χ4v) is 1.36. The molecular weight excluding hydrogens is 249 g/mol. The van der Waals surface area contributed by atoms with E-state index in [1.165, 1.54) is 0 Å². The summed E-state index contributed by atoms with van der Waals surface area (Å²) in [6, 6.07) is 3.65. The molecule has 5 N–H and O–H groups in total. The van der Waals surface area contributed by atoms with E-state index in [4.69, 9.17) is 11.5 Å². The van der Waals surface area contributed by atoms with Crippen LogP contribution in [0.1, 0.15) is 18.3 Å². The van der Waals surface area contributed by atoms with Crippen LogP contribution >= 0.6 is 24.8 Å². The van der Waals surface area contributed by atoms with E-state index in [0.29, 0.717) is 12.2 Å². The third kappa shape index (κ3) is 3.05. The van der Waals surface area contributed by atoms with Crippen molar-refractivity contribution in [1.82, 2.24) is 15.0 Å². The summed E-state index contributed by atoms with van der Waals surface area (Å²) in [7, 11) is 0. The van der Waals surface area contributed by atoms with E-state index >= 15 is 0 Å². The number of imidazole rings is 1. The van der Waals surface area contributed by atoms with Gasteiger partial charge in [-0.25, -0.2) is 9.97 Å². The lowest BCUT2D eigenvalue weighted by Crippen LogP contribution is -2.16. The monoisotopic (exact) mass is 263 g/mol. The van der Waals surface area contributed by atoms with Crippen LogP contribution in [0.4, 0.5) is 0 Å². The minimum Gasteiger partial charge on any atom is -0.339 e. The Morgan fingerprint density at radius 3 is 2.75 bits per heavy atom. The molecule has 0 spiro atoms. The Bertz CT molecular complexity index is 398. The van der Waals surface area contributed by atoms with Gasteiger partial charge in [0.2, 0.25) is 0 Å². The maximum absolute atomic E-state index is 5.87. The number of nitrogens with zero attached hydrogens (tertiary/aromatic N) is 2. The molecule has 2 aromatic heterocycles. The van der Waals surface area contributed by atoms with Gasteiger partial charge in [0.05, 0.1) is 11.6 Å². The Labute approximate surface area is 106 Å². The molecule has 0 saturated carbocycles. The van der Waals surface area contributed by atoms with E-state index < -0.39 is 0 Å². The van der Waals surface area contributed by atoms with Gasteiger partial charge in [0.25, 0.3) is 0 Å². The average Bonchev–Trinajstić information content (AvgIpc) is 2.61. The van der Waals surface area contributed by atoms with E-state index in [0.717, 1.165) is 17.8 Å². The number of pyridine rings is 1. The van der Waals surface area contributed by atoms with Crippen LogP contribution in [0.2, 0.25) is 0 Å². The molecule has 0 aliphatic carbocycles. The molecule has 0 bridgehead atoms. The molecule has 7 heteroatoms. The highest BCUT2D eigenvalue weighted by Gasteiger charge is 2.10. The summed E-state index contributed by atoms with van der Waals surface area (Å²) in [5, 5.41) is 0. The first-order valence-corrected chi connectivity index (χ1v) is 4.57. The zero-order valence-corrected chi connectivity index (χ0v) is 10.2. The molecule has 0 aliphatic rings. The van der Waals surface area contributed by atoms with E-state index in [-0.39, 0.29) is 30.9 Å². The molecule has 1 atom stereocenters. The van der Waals surface area contributed by atoms with Gasteiger partial charge in [-0.15, -0.1) is 24.8 Å². The summed E-state index contributed by atoms with van der Waals surface area (Å²) in [5.41, 5.74) is 12.9. The SMILES string of the molecule is Cl.Cl.NCCC(N)c1nc2ncccc2[nH]1. The van der Waals surface area contributed by atoms with Crippen molar-refractivity contribution in [2.45, 2.75) is 12.5 Å². The maximum Gasteiger partial charge on any atom is 0.177 e. The van der Waals surface area contributed by atoms with Gasteiger partial charge < -0.3 is 16.5 Å². The third-order valence-electron chi connectivity index (χ3n) is 2.10. The summed E-state index contributed by atoms with van der Waals surface area (Å²) in [4.78, 5) is 11.5. The molecule has 2 rings (SSSR count). The molecular formula is C9H15Cl2N5. The predicted octanol–water partition coefficient (Wildman–Crippen LogP) is 1.15. The van der Waals surface area contributed by atoms with Gasteiger partial charge in [-0.3, -0.25) is 0 Å². The number of H-pyrrole nitrogens is 1. The van der Waals surface area contributed by atoms with Crippen LogP contribution in [-0.2, 0) is 0 Å². The van der Waals surface area contributed by atoms with Crippen molar-refractivity contribution in [3.63, 3.8) is 0 Å². The number of hydrogen-bond donors (Lipinski definition) is 3. The van der Waals surface area contributed by atoms with Crippen molar-refractivity contribution >= 4 is 36.0 Å². The van der Waals surface area contributed by atoms with Crippen molar-refractivity contribution in [3.05, 3.63) is 24.2 Å². The number of rotatable bonds is 3. The Morgan fingerprint density at radius 2 is 2.12 bits per heavy atom. The number of nitrogens with one attached hydrogen (secondary N) is 1. The first-order chi connectivity index (χ1) is 6.81. The topological polar surface area (TPSA) is 93.6 Å². The quantitative estimate of drug-likeness (QED) is 0.775. The Hall–Kier alpha value is -0.880. The highest BCUT2D eigenvalue weighted by atomic mass is 35.5. The molecule has 90 valence electrons. The van der Waals surface area contributed by atoms with Crippen LogP contribution < -0.4 is 11.5 Å². The second-order valence-corrected chi connectivity index (χ2v) is 3.18. The zero-order valence-electron chi connectivity index (χ0n) is 8.59. The summed E-state index contributed by atoms with van der Waals surface area (Å²) < 4.78 is 0. The third-order valence-corrected chi connectivity index (χ3v) is 2.10. The second-order valence-electron chi connectivity index (χ2n) is 3.18. The largest absolute Gasteiger partial charge is 0.339 e. The smallest absolute Gasteiger partial charge is 0.177 e. The van der Waals surface area contributed by atoms with Gasteiger partial charge in [-0.05, 0) is 25.1 Å². The molecule has 2 aromatic rings. The van der Waals surface area contributed by atoms with E-state index in [9.17, 15) is 0 Å². The summed E-state index contributed by atoms with van der Waals surface area (Å²) in [5.74, 6) is 0.754. The van der Waals surface area contributed by atoms with Crippen molar-refractivity contribution in [3.8, 4) is 0 Å². The number of fused-ring (bicyclic) bond motifs is 1. The van der Waals surface area contributed by atoms with Crippen LogP contribution in [0, 0.1) is 0 Å². The normalized spacial score (nSPS) is 11.6. The lowest BCUT2D eigenvalue weighted by Gasteiger charge is -2.04. The van der Waals surface area contributed by atoms with Gasteiger partial charge in [0.1, 0.15) is 5.82 Å². The van der Waals surface area contributed by atoms with E-state index in [2.05, 4.69) is 15.0 Å². The van der Waals surface area contributed by atoms with Gasteiger partial charge in [0.15, 0.2) is 5.65 Å². The van der Waals surface area contributed by atoms with E-state index in [1.54, 1.807) is 6.20 Å². The number of hydrogen-bond acceptors (Lipinski definition) is 4. The Morgan fingerprint density at radius 1 is 1.38 bits per heavy atom. The molecule has 5 nitrogen and oxygen atoms in total. The summed E-state index contributed by atoms with van der Waals surface area (Å²) in [6.45, 7) is 0.561. The molecule has 0 fully saturated rings. The van der Waals surface area contributed by atoms with Crippen LogP contribution in [0.3, 0.4) is 0 Å². The second kappa shape index (κ2) is 6.65. The van der Waals surface area contributed by atoms with Crippen LogP contribution in [0.25, 0.3) is 11.2 Å². The number of aromatic amines is 1. The lowest BCUT2D eigenvalue weighted by molar-refractivity contribution is 0.630. The van der Waals surface area contributed by atoms with Crippen LogP contribution in [-0.4, -0.2) is 21.5 Å². The molecule has 0 radical (unpaired) electrons. The van der Waals surface area contributed by atoms with Crippen molar-refractivity contribution in [2.24, 2.45) is 11.5 Å². The number of aromatic nitrogens is 3. The summed E-state index contributed by atoms with van der Waals surface area (Å²) in [6.07, 6.45) is 2.43. The minimum absolute atomic E-state index is 0. The van der Waals surface area contributed by atoms with Gasteiger partial charge >= 0.3 is 0 Å². The standard InChI is InChI=1S/C9H13N5.2ClH/c10-4-3-6(11)8-13-7-2-1-5-12-9(7)14-8;;/h1-2,5-6H,3-4,10-11H2,(H,12,13,14);2*1H. The van der Waals surface area contributed by atoms with Crippen molar-refractivity contribution < 1.29 is 0 Å². The minimum atomic E-state index is -0.130. The van der Waals surface area contributed by atoms with Crippen LogP contribution in [0.15, 0.2) is 18.3 Å². The highest BCUT2D eigenvalue weighted by molar-refractivity contribution is 5.85. The van der Waals surface area contributed by atoms with Gasteiger partial charge in [0, 0.05) is 6.20 Å². The van der Waals surface area contributed by atoms with Gasteiger partial charge in [-0.2, -0.15) is 0 Å². The molecule has 0 aliphatic heterocycles. The fraction of sp³-hybridized carbons (Fsp3) is 0.333. The zero-order chi connectivity index (χ0) is 9.97. The fourth-order valence-electron chi connectivity index (χ4n) is 1.36. The molecule has 16 heavy (non-hydrogen) atoms. The molecule has 1 unspecified atom stereocenters. The van der Waals surface area contributed by atoms with Gasteiger partial charge in [-0.1, -0.05) is 0 Å². The predicted molar refractivity (Wildman–Crippen MR) is 69.0 cm³/mol. The van der Waals surface area contributed by atoms with Crippen molar-refractivity contribution in [1.29, 1.82) is 0 Å². The average molecular weight is 264 g/mol. The van der Waals surface area contributed by atoms with Crippen molar-refractivity contribution in [2.75, 3.05) is 6.54 Å². The van der Waals surface area contributed by atoms with E-state index in [1.807, 2.05) is 12.1 Å². The molecule has 0 amide bonds. The Kier molecular flexibility index (Phi) is 6.28. The molecule has 2 heterocycles. The first-order valence-electron chi connectivity index (χ1n) is 4.57. The number of nitrogens with two attached hydrogens (primary N) is 2. The molecule has 0 aromatic carbocycles. The number of halogens is 2. The highest BCUT2D eigenvalue weighted by Crippen LogP contribution is 2.13. The van der Waals surface area contributed by atoms with Crippen LogP contribution in [0.5, 0.6) is 0 Å². The maximum atomic E-state index is 5.87.